The van der Waals surface area contributed by atoms with Crippen molar-refractivity contribution in [2.75, 3.05) is 13.2 Å². The minimum Gasteiger partial charge on any atom is -0.492 e. The minimum absolute atomic E-state index is 0.130. The van der Waals surface area contributed by atoms with Gasteiger partial charge >= 0.3 is 0 Å². The van der Waals surface area contributed by atoms with Crippen molar-refractivity contribution in [3.63, 3.8) is 0 Å². The van der Waals surface area contributed by atoms with E-state index < -0.39 is 16.1 Å². The lowest BCUT2D eigenvalue weighted by Crippen LogP contribution is -2.26. The zero-order valence-electron chi connectivity index (χ0n) is 13.2. The summed E-state index contributed by atoms with van der Waals surface area (Å²) in [5.74, 6) is 0.337. The predicted molar refractivity (Wildman–Crippen MR) is 91.4 cm³/mol. The third-order valence-electron chi connectivity index (χ3n) is 3.27. The minimum atomic E-state index is -3.68. The van der Waals surface area contributed by atoms with Crippen LogP contribution in [0.1, 0.15) is 29.9 Å². The fourth-order valence-corrected chi connectivity index (χ4v) is 4.15. The van der Waals surface area contributed by atoms with Gasteiger partial charge in [-0.1, -0.05) is 12.1 Å². The number of nitrogens with one attached hydrogen (secondary N) is 1. The molecule has 0 radical (unpaired) electrons. The normalized spacial score (nSPS) is 13.0. The Morgan fingerprint density at radius 2 is 2.13 bits per heavy atom. The first-order chi connectivity index (χ1) is 10.9. The molecule has 0 saturated heterocycles. The molecule has 1 aromatic carbocycles. The molecule has 7 heteroatoms. The summed E-state index contributed by atoms with van der Waals surface area (Å²) in [4.78, 5) is 0.958. The van der Waals surface area contributed by atoms with Gasteiger partial charge in [-0.3, -0.25) is 0 Å². The molecule has 0 aliphatic rings. The Hall–Kier alpha value is -1.41. The van der Waals surface area contributed by atoms with Crippen molar-refractivity contribution in [3.8, 4) is 5.75 Å². The van der Waals surface area contributed by atoms with E-state index in [1.165, 1.54) is 11.3 Å². The number of thiophene rings is 1. The van der Waals surface area contributed by atoms with Crippen LogP contribution in [0.5, 0.6) is 5.75 Å². The molecule has 0 amide bonds. The molecule has 0 fully saturated rings. The summed E-state index contributed by atoms with van der Waals surface area (Å²) in [5.41, 5.74) is 0.840. The van der Waals surface area contributed by atoms with Crippen molar-refractivity contribution in [3.05, 3.63) is 46.2 Å². The second kappa shape index (κ2) is 7.92. The molecule has 0 saturated carbocycles. The zero-order chi connectivity index (χ0) is 16.9. The third kappa shape index (κ3) is 4.78. The van der Waals surface area contributed by atoms with Crippen molar-refractivity contribution in [2.45, 2.75) is 31.3 Å². The van der Waals surface area contributed by atoms with Gasteiger partial charge < -0.3 is 9.84 Å². The van der Waals surface area contributed by atoms with E-state index in [9.17, 15) is 13.5 Å². The molecule has 1 unspecified atom stereocenters. The Bertz CT molecular complexity index is 727. The lowest BCUT2D eigenvalue weighted by Gasteiger charge is -2.14. The predicted octanol–water partition coefficient (Wildman–Crippen LogP) is 2.86. The fraction of sp³-hybridized carbons (Fsp3) is 0.375. The standard InChI is InChI=1S/C16H21NO4S2/c1-3-21-14-7-6-12(2)11-16(14)23(19,20)17-9-8-13(18)15-5-4-10-22-15/h4-7,10-11,13,17-18H,3,8-9H2,1-2H3. The third-order valence-corrected chi connectivity index (χ3v) is 5.73. The molecule has 1 atom stereocenters. The monoisotopic (exact) mass is 355 g/mol. The average Bonchev–Trinajstić information content (AvgIpc) is 3.03. The molecular formula is C16H21NO4S2. The van der Waals surface area contributed by atoms with E-state index in [2.05, 4.69) is 4.72 Å². The van der Waals surface area contributed by atoms with E-state index in [0.717, 1.165) is 10.4 Å². The van der Waals surface area contributed by atoms with E-state index in [0.29, 0.717) is 18.8 Å². The highest BCUT2D eigenvalue weighted by Gasteiger charge is 2.20. The number of aryl methyl sites for hydroxylation is 1. The smallest absolute Gasteiger partial charge is 0.244 e. The van der Waals surface area contributed by atoms with E-state index in [1.54, 1.807) is 19.1 Å². The van der Waals surface area contributed by atoms with E-state index >= 15 is 0 Å². The molecule has 0 spiro atoms. The lowest BCUT2D eigenvalue weighted by atomic mass is 10.2. The van der Waals surface area contributed by atoms with Gasteiger partial charge in [-0.05, 0) is 49.4 Å². The van der Waals surface area contributed by atoms with Crippen molar-refractivity contribution in [1.29, 1.82) is 0 Å². The molecule has 5 nitrogen and oxygen atoms in total. The number of hydrogen-bond donors (Lipinski definition) is 2. The second-order valence-electron chi connectivity index (χ2n) is 5.10. The van der Waals surface area contributed by atoms with Gasteiger partial charge in [-0.2, -0.15) is 0 Å². The average molecular weight is 355 g/mol. The number of ether oxygens (including phenoxy) is 1. The van der Waals surface area contributed by atoms with Gasteiger partial charge in [0.15, 0.2) is 0 Å². The first kappa shape index (κ1) is 17.9. The Kier molecular flexibility index (Phi) is 6.17. The van der Waals surface area contributed by atoms with Gasteiger partial charge in [0.1, 0.15) is 10.6 Å². The van der Waals surface area contributed by atoms with Crippen molar-refractivity contribution < 1.29 is 18.3 Å². The molecular weight excluding hydrogens is 334 g/mol. The van der Waals surface area contributed by atoms with Crippen molar-refractivity contribution in [1.82, 2.24) is 4.72 Å². The van der Waals surface area contributed by atoms with E-state index in [-0.39, 0.29) is 11.4 Å². The summed E-state index contributed by atoms with van der Waals surface area (Å²) in [6, 6.07) is 8.74. The topological polar surface area (TPSA) is 75.6 Å². The van der Waals surface area contributed by atoms with Gasteiger partial charge in [0.25, 0.3) is 0 Å². The SMILES string of the molecule is CCOc1ccc(C)cc1S(=O)(=O)NCCC(O)c1cccs1. The van der Waals surface area contributed by atoms with E-state index in [1.807, 2.05) is 30.5 Å². The fourth-order valence-electron chi connectivity index (χ4n) is 2.13. The van der Waals surface area contributed by atoms with Crippen LogP contribution in [-0.2, 0) is 10.0 Å². The lowest BCUT2D eigenvalue weighted by molar-refractivity contribution is 0.173. The molecule has 1 aromatic heterocycles. The van der Waals surface area contributed by atoms with Crippen molar-refractivity contribution >= 4 is 21.4 Å². The zero-order valence-corrected chi connectivity index (χ0v) is 14.8. The summed E-state index contributed by atoms with van der Waals surface area (Å²) >= 11 is 1.45. The molecule has 0 aliphatic carbocycles. The summed E-state index contributed by atoms with van der Waals surface area (Å²) in [6.07, 6.45) is -0.350. The van der Waals surface area contributed by atoms with Crippen molar-refractivity contribution in [2.24, 2.45) is 0 Å². The van der Waals surface area contributed by atoms with Crippen LogP contribution in [0.3, 0.4) is 0 Å². The molecule has 0 aliphatic heterocycles. The highest BCUT2D eigenvalue weighted by molar-refractivity contribution is 7.89. The Balaban J connectivity index is 2.05. The molecule has 2 aromatic rings. The number of aliphatic hydroxyl groups excluding tert-OH is 1. The highest BCUT2D eigenvalue weighted by Crippen LogP contribution is 2.25. The maximum Gasteiger partial charge on any atom is 0.244 e. The maximum absolute atomic E-state index is 12.5. The van der Waals surface area contributed by atoms with Gasteiger partial charge in [-0.25, -0.2) is 13.1 Å². The molecule has 0 bridgehead atoms. The Morgan fingerprint density at radius 3 is 2.78 bits per heavy atom. The van der Waals surface area contributed by atoms with Gasteiger partial charge in [0, 0.05) is 11.4 Å². The largest absolute Gasteiger partial charge is 0.492 e. The number of rotatable bonds is 8. The van der Waals surface area contributed by atoms with Crippen LogP contribution < -0.4 is 9.46 Å². The van der Waals surface area contributed by atoms with Crippen LogP contribution in [0.4, 0.5) is 0 Å². The molecule has 2 N–H and O–H groups in total. The summed E-state index contributed by atoms with van der Waals surface area (Å²) in [6.45, 7) is 4.18. The van der Waals surface area contributed by atoms with Gasteiger partial charge in [0.2, 0.25) is 10.0 Å². The van der Waals surface area contributed by atoms with Crippen LogP contribution in [0, 0.1) is 6.92 Å². The molecule has 2 rings (SSSR count). The summed E-state index contributed by atoms with van der Waals surface area (Å²) < 4.78 is 32.9. The number of sulfonamides is 1. The van der Waals surface area contributed by atoms with E-state index in [4.69, 9.17) is 4.74 Å². The van der Waals surface area contributed by atoms with Crippen LogP contribution >= 0.6 is 11.3 Å². The first-order valence-corrected chi connectivity index (χ1v) is 9.75. The van der Waals surface area contributed by atoms with Crippen LogP contribution in [-0.4, -0.2) is 26.7 Å². The van der Waals surface area contributed by atoms with Gasteiger partial charge in [0.05, 0.1) is 12.7 Å². The van der Waals surface area contributed by atoms with Crippen LogP contribution in [0.25, 0.3) is 0 Å². The summed E-state index contributed by atoms with van der Waals surface area (Å²) in [5, 5.41) is 11.9. The number of aliphatic hydroxyl groups is 1. The Labute approximate surface area is 141 Å². The second-order valence-corrected chi connectivity index (χ2v) is 7.82. The van der Waals surface area contributed by atoms with Crippen LogP contribution in [0.2, 0.25) is 0 Å². The molecule has 126 valence electrons. The number of hydrogen-bond acceptors (Lipinski definition) is 5. The van der Waals surface area contributed by atoms with Crippen LogP contribution in [0.15, 0.2) is 40.6 Å². The quantitative estimate of drug-likeness (QED) is 0.763. The maximum atomic E-state index is 12.5. The molecule has 1 heterocycles. The number of benzene rings is 1. The summed E-state index contributed by atoms with van der Waals surface area (Å²) in [7, 11) is -3.68. The van der Waals surface area contributed by atoms with Gasteiger partial charge in [-0.15, -0.1) is 11.3 Å². The molecule has 23 heavy (non-hydrogen) atoms. The highest BCUT2D eigenvalue weighted by atomic mass is 32.2. The Morgan fingerprint density at radius 1 is 1.35 bits per heavy atom. The first-order valence-electron chi connectivity index (χ1n) is 7.38.